The predicted molar refractivity (Wildman–Crippen MR) is 263 cm³/mol. The van der Waals surface area contributed by atoms with Gasteiger partial charge in [-0.1, -0.05) is 201 Å². The molecule has 3 aliphatic rings. The number of hydrogen-bond acceptors (Lipinski definition) is 1. The lowest BCUT2D eigenvalue weighted by molar-refractivity contribution is 0.660. The number of nitrogens with zero attached hydrogens (tertiary/aromatic N) is 1. The largest absolute Gasteiger partial charge is 0.310 e. The van der Waals surface area contributed by atoms with E-state index in [-0.39, 0.29) is 61.0 Å². The molecule has 13 rings (SSSR count). The second kappa shape index (κ2) is 13.4. The van der Waals surface area contributed by atoms with Gasteiger partial charge in [0.2, 0.25) is 0 Å². The highest BCUT2D eigenvalue weighted by molar-refractivity contribution is 6.06. The van der Waals surface area contributed by atoms with Gasteiger partial charge in [-0.2, -0.15) is 0 Å². The first-order valence-corrected chi connectivity index (χ1v) is 19.4. The molecule has 0 unspecified atom stereocenters. The van der Waals surface area contributed by atoms with E-state index in [4.69, 9.17) is 27.4 Å². The number of hydrogen-bond donors (Lipinski definition) is 0. The van der Waals surface area contributed by atoms with Crippen LogP contribution >= 0.6 is 0 Å². The average molecular weight is 836 g/mol. The van der Waals surface area contributed by atoms with Crippen LogP contribution in [-0.4, -0.2) is 0 Å². The Balaban J connectivity index is 1.18. The Morgan fingerprint density at radius 3 is 1.84 bits per heavy atom. The standard InChI is InChI=1S/C62H43N/c1-61(2)52-25-12-11-24-51(52)60-56(61)29-16-30-58(60)63(43-18-4-3-5-19-43)44-35-31-41(32-36-44)46-37-33-40-17-6-7-20-45(40)59(46)42-34-38-50-49-23-10-15-28-55(49)62(57(50)39-42)53-26-13-8-21-47(53)48-22-9-14-27-54(48)62/h3-39H,1-2H3/i1D3,2D3,3D,4D,5D,6D,7D,8D,9D,10D,11D,12D,13D,14D,15D,17D,18D,19D,21D,22D,23D,24D,25D,28D,29D,31D,33D,36D,37D,38D. The lowest BCUT2D eigenvalue weighted by Gasteiger charge is -2.31. The molecule has 0 N–H and O–H groups in total. The lowest BCUT2D eigenvalue weighted by atomic mass is 9.70. The van der Waals surface area contributed by atoms with E-state index in [1.807, 2.05) is 0 Å². The molecule has 0 saturated heterocycles. The Morgan fingerprint density at radius 1 is 0.397 bits per heavy atom. The molecule has 10 aromatic rings. The van der Waals surface area contributed by atoms with E-state index < -0.39 is 250 Å². The van der Waals surface area contributed by atoms with Crippen molar-refractivity contribution in [1.29, 1.82) is 0 Å². The first kappa shape index (κ1) is 15.9. The average Bonchev–Trinajstić information content (AvgIpc) is 1.50. The Hall–Kier alpha value is -7.74. The SMILES string of the molecule is [2H]c1cc(N(c2ccc([2H])c3c2-c2c([2H])c([2H])c([2H])c([2H])c2C3(C([2H])([2H])[2H])C([2H])([2H])[2H])c2c([2H])c([2H])c([2H])c([2H])c2[2H])c([2H])cc1-c1c([2H])c([2H])c2c([2H])c([2H])c([2H])cc2c1-c1cc([2H])c2c(c1)C1(c3cc([2H])c([2H])c([2H])c3-c3c1cc([2H])c([2H])c3[2H])c1c([2H])c([2H])c([2H])c([2H])c1-2. The van der Waals surface area contributed by atoms with Gasteiger partial charge in [0, 0.05) is 30.6 Å². The zero-order chi connectivity index (χ0) is 71.2. The molecule has 0 bridgehead atoms. The van der Waals surface area contributed by atoms with Crippen LogP contribution in [0.5, 0.6) is 0 Å². The highest BCUT2D eigenvalue weighted by Gasteiger charge is 2.51. The van der Waals surface area contributed by atoms with Gasteiger partial charge in [0.05, 0.1) is 49.5 Å². The fraction of sp³-hybridized carbons (Fsp3) is 0.0645. The molecule has 296 valence electrons. The van der Waals surface area contributed by atoms with Crippen LogP contribution in [0.25, 0.3) is 66.4 Å². The zero-order valence-corrected chi connectivity index (χ0v) is 32.1. The fourth-order valence-electron chi connectivity index (χ4n) is 9.41. The van der Waals surface area contributed by atoms with Crippen molar-refractivity contribution in [2.45, 2.75) is 24.5 Å². The highest BCUT2D eigenvalue weighted by Crippen LogP contribution is 2.63. The molecule has 0 aromatic heterocycles. The van der Waals surface area contributed by atoms with Crippen LogP contribution in [0.3, 0.4) is 0 Å². The Labute approximate surface area is 417 Å². The molecular weight excluding hydrogens is 759 g/mol. The van der Waals surface area contributed by atoms with Crippen molar-refractivity contribution in [3.8, 4) is 55.6 Å². The molecular formula is C62H43N. The Morgan fingerprint density at radius 2 is 1.05 bits per heavy atom. The first-order valence-electron chi connectivity index (χ1n) is 36.4. The van der Waals surface area contributed by atoms with E-state index in [0.29, 0.717) is 0 Å². The van der Waals surface area contributed by atoms with E-state index in [1.54, 1.807) is 0 Å². The summed E-state index contributed by atoms with van der Waals surface area (Å²) in [6.07, 6.45) is 0. The summed E-state index contributed by atoms with van der Waals surface area (Å²) in [6.45, 7) is -7.60. The molecule has 0 fully saturated rings. The maximum atomic E-state index is 10.1. The molecule has 1 spiro atoms. The molecule has 0 amide bonds. The molecule has 0 saturated carbocycles. The highest BCUT2D eigenvalue weighted by atomic mass is 15.1. The van der Waals surface area contributed by atoms with Crippen molar-refractivity contribution in [2.24, 2.45) is 0 Å². The lowest BCUT2D eigenvalue weighted by Crippen LogP contribution is -2.25. The molecule has 1 nitrogen and oxygen atoms in total. The van der Waals surface area contributed by atoms with Gasteiger partial charge in [0.15, 0.2) is 0 Å². The normalized spacial score (nSPS) is 22.2. The monoisotopic (exact) mass is 836 g/mol. The number of anilines is 3. The summed E-state index contributed by atoms with van der Waals surface area (Å²) < 4.78 is 312. The smallest absolute Gasteiger partial charge is 0.0725 e. The summed E-state index contributed by atoms with van der Waals surface area (Å²) in [5, 5.41) is -0.718. The van der Waals surface area contributed by atoms with Crippen molar-refractivity contribution < 1.29 is 46.6 Å². The number of para-hydroxylation sites is 1. The summed E-state index contributed by atoms with van der Waals surface area (Å²) in [5.74, 6) is 0. The fourth-order valence-corrected chi connectivity index (χ4v) is 9.41. The van der Waals surface area contributed by atoms with Gasteiger partial charge in [-0.3, -0.25) is 0 Å². The summed E-state index contributed by atoms with van der Waals surface area (Å²) in [6, 6.07) is -13.3. The maximum Gasteiger partial charge on any atom is 0.0725 e. The van der Waals surface area contributed by atoms with Crippen LogP contribution in [-0.2, 0) is 10.8 Å². The summed E-state index contributed by atoms with van der Waals surface area (Å²) in [4.78, 5) is 0.742. The second-order valence-electron chi connectivity index (χ2n) is 15.0. The van der Waals surface area contributed by atoms with Gasteiger partial charge in [0.25, 0.3) is 0 Å². The van der Waals surface area contributed by atoms with Crippen LogP contribution in [0.1, 0.15) is 93.7 Å². The Bertz CT molecular complexity index is 5270. The molecule has 1 heteroatoms. The van der Waals surface area contributed by atoms with E-state index in [1.165, 1.54) is 6.07 Å². The number of rotatable bonds is 5. The molecule has 10 aromatic carbocycles. The van der Waals surface area contributed by atoms with Gasteiger partial charge >= 0.3 is 0 Å². The first-order chi connectivity index (χ1) is 45.1. The van der Waals surface area contributed by atoms with E-state index in [0.717, 1.165) is 53.4 Å². The van der Waals surface area contributed by atoms with Crippen LogP contribution in [0.4, 0.5) is 17.1 Å². The summed E-state index contributed by atoms with van der Waals surface area (Å²) in [5.41, 5.74) is -14.6. The second-order valence-corrected chi connectivity index (χ2v) is 15.0. The van der Waals surface area contributed by atoms with Gasteiger partial charge in [0.1, 0.15) is 0 Å². The van der Waals surface area contributed by atoms with Gasteiger partial charge in [-0.15, -0.1) is 0 Å². The predicted octanol–water partition coefficient (Wildman–Crippen LogP) is 16.3. The topological polar surface area (TPSA) is 3.24 Å². The molecule has 0 heterocycles. The van der Waals surface area contributed by atoms with Crippen LogP contribution in [0.2, 0.25) is 0 Å². The third-order valence-electron chi connectivity index (χ3n) is 11.9. The van der Waals surface area contributed by atoms with E-state index in [9.17, 15) is 19.2 Å². The van der Waals surface area contributed by atoms with Crippen molar-refractivity contribution in [3.05, 3.63) is 257 Å². The number of benzene rings is 10. The maximum absolute atomic E-state index is 10.1. The minimum atomic E-state index is -3.80. The van der Waals surface area contributed by atoms with Crippen molar-refractivity contribution in [2.75, 3.05) is 4.90 Å². The molecule has 0 aliphatic heterocycles. The van der Waals surface area contributed by atoms with E-state index >= 15 is 0 Å². The minimum Gasteiger partial charge on any atom is -0.310 e. The van der Waals surface area contributed by atoms with Gasteiger partial charge < -0.3 is 4.90 Å². The number of fused-ring (bicyclic) bond motifs is 14. The summed E-state index contributed by atoms with van der Waals surface area (Å²) >= 11 is 0. The molecule has 0 radical (unpaired) electrons. The van der Waals surface area contributed by atoms with Crippen molar-refractivity contribution in [3.63, 3.8) is 0 Å². The van der Waals surface area contributed by atoms with Crippen LogP contribution in [0.15, 0.2) is 224 Å². The van der Waals surface area contributed by atoms with Gasteiger partial charge in [-0.05, 0) is 131 Å². The summed E-state index contributed by atoms with van der Waals surface area (Å²) in [7, 11) is 0. The van der Waals surface area contributed by atoms with Gasteiger partial charge in [-0.25, -0.2) is 0 Å². The molecule has 63 heavy (non-hydrogen) atoms. The van der Waals surface area contributed by atoms with Crippen molar-refractivity contribution >= 4 is 27.8 Å². The third kappa shape index (κ3) is 4.94. The van der Waals surface area contributed by atoms with E-state index in [2.05, 4.69) is 0 Å². The third-order valence-corrected chi connectivity index (χ3v) is 11.9. The quantitative estimate of drug-likeness (QED) is 0.167. The van der Waals surface area contributed by atoms with Crippen LogP contribution < -0.4 is 4.90 Å². The Kier molecular flexibility index (Phi) is 3.37. The minimum absolute atomic E-state index is 0.136. The molecule has 3 aliphatic carbocycles. The van der Waals surface area contributed by atoms with Crippen molar-refractivity contribution in [1.82, 2.24) is 0 Å². The molecule has 0 atom stereocenters. The zero-order valence-electron chi connectivity index (χ0n) is 66.1. The van der Waals surface area contributed by atoms with Crippen LogP contribution in [0, 0.1) is 0 Å².